The molecule has 10 atom stereocenters. The molecule has 4 heterocycles. The van der Waals surface area contributed by atoms with Crippen molar-refractivity contribution in [3.63, 3.8) is 0 Å². The molecule has 17 heteroatoms. The lowest BCUT2D eigenvalue weighted by Crippen LogP contribution is -2.68. The number of rotatable bonds is 17. The molecule has 0 radical (unpaired) electrons. The number of methoxy groups -OCH3 is 1. The zero-order valence-electron chi connectivity index (χ0n) is 56.1. The maximum atomic E-state index is 15.5. The average molecular weight is 1250 g/mol. The van der Waals surface area contributed by atoms with Gasteiger partial charge >= 0.3 is 17.9 Å². The Labute approximate surface area is 520 Å². The number of carbonyl (C=O) groups is 4. The first-order chi connectivity index (χ1) is 39.9. The number of aliphatic hydroxyl groups is 1. The van der Waals surface area contributed by atoms with E-state index in [1.54, 1.807) is 26.0 Å². The van der Waals surface area contributed by atoms with Gasteiger partial charge in [-0.2, -0.15) is 0 Å². The van der Waals surface area contributed by atoms with E-state index >= 15 is 4.79 Å². The molecule has 6 rings (SSSR count). The van der Waals surface area contributed by atoms with Gasteiger partial charge in [0.15, 0.2) is 22.7 Å². The average Bonchev–Trinajstić information content (AvgIpc) is 0.930. The van der Waals surface area contributed by atoms with Crippen molar-refractivity contribution in [2.75, 3.05) is 13.7 Å². The molecule has 14 nitrogen and oxygen atoms in total. The van der Waals surface area contributed by atoms with Crippen LogP contribution in [0.2, 0.25) is 41.3 Å². The molecule has 86 heavy (non-hydrogen) atoms. The van der Waals surface area contributed by atoms with E-state index in [4.69, 9.17) is 41.7 Å². The van der Waals surface area contributed by atoms with E-state index in [9.17, 15) is 19.5 Å². The molecular formula is C69H110O14Si3. The number of unbranched alkanes of at least 4 members (excludes halogenated alkanes) is 4. The minimum Gasteiger partial charge on any atom is -0.466 e. The van der Waals surface area contributed by atoms with Crippen LogP contribution in [0.15, 0.2) is 84.5 Å². The van der Waals surface area contributed by atoms with Gasteiger partial charge in [-0.3, -0.25) is 14.4 Å². The van der Waals surface area contributed by atoms with E-state index in [1.807, 2.05) is 36.4 Å². The number of carbonyl (C=O) groups excluding carboxylic acids is 4. The Morgan fingerprint density at radius 2 is 1.30 bits per heavy atom. The van der Waals surface area contributed by atoms with E-state index in [1.165, 1.54) is 13.2 Å². The lowest BCUT2D eigenvalue weighted by atomic mass is 9.73. The minimum atomic E-state index is -3.36. The van der Waals surface area contributed by atoms with Gasteiger partial charge in [0, 0.05) is 49.0 Å². The molecule has 0 spiro atoms. The van der Waals surface area contributed by atoms with Crippen LogP contribution < -0.4 is 10.4 Å². The highest BCUT2D eigenvalue weighted by atomic mass is 28.4. The summed E-state index contributed by atoms with van der Waals surface area (Å²) in [5.41, 5.74) is -1.67. The predicted molar refractivity (Wildman–Crippen MR) is 347 cm³/mol. The number of esters is 3. The van der Waals surface area contributed by atoms with Gasteiger partial charge in [0.25, 0.3) is 8.32 Å². The summed E-state index contributed by atoms with van der Waals surface area (Å²) in [7, 11) is -7.01. The lowest BCUT2D eigenvalue weighted by molar-refractivity contribution is -0.327. The Morgan fingerprint density at radius 3 is 1.87 bits per heavy atom. The van der Waals surface area contributed by atoms with Crippen LogP contribution in [0.1, 0.15) is 187 Å². The second-order valence-electron chi connectivity index (χ2n) is 30.4. The molecule has 0 saturated carbocycles. The number of ketones is 1. The van der Waals surface area contributed by atoms with Gasteiger partial charge in [0.2, 0.25) is 5.79 Å². The van der Waals surface area contributed by atoms with Gasteiger partial charge < -0.3 is 46.8 Å². The molecule has 0 aromatic heterocycles. The largest absolute Gasteiger partial charge is 0.466 e. The zero-order valence-corrected chi connectivity index (χ0v) is 59.1. The Bertz CT molecular complexity index is 2590. The normalized spacial score (nSPS) is 29.1. The summed E-state index contributed by atoms with van der Waals surface area (Å²) in [4.78, 5) is 57.1. The molecule has 6 bridgehead atoms. The van der Waals surface area contributed by atoms with Crippen LogP contribution in [-0.2, 0) is 60.9 Å². The second kappa shape index (κ2) is 28.7. The summed E-state index contributed by atoms with van der Waals surface area (Å²) in [5.74, 6) is -4.08. The highest BCUT2D eigenvalue weighted by molar-refractivity contribution is 6.99. The molecule has 1 N–H and O–H groups in total. The number of hydrogen-bond acceptors (Lipinski definition) is 14. The van der Waals surface area contributed by atoms with Crippen molar-refractivity contribution >= 4 is 59.0 Å². The quantitative estimate of drug-likeness (QED) is 0.0396. The van der Waals surface area contributed by atoms with Crippen molar-refractivity contribution in [1.82, 2.24) is 0 Å². The first-order valence-electron chi connectivity index (χ1n) is 32.1. The molecule has 2 aromatic rings. The van der Waals surface area contributed by atoms with Crippen LogP contribution in [0.3, 0.4) is 0 Å². The van der Waals surface area contributed by atoms with Crippen molar-refractivity contribution in [3.8, 4) is 0 Å². The molecule has 0 unspecified atom stereocenters. The molecular weight excluding hydrogens is 1140 g/mol. The summed E-state index contributed by atoms with van der Waals surface area (Å²) in [6.45, 7) is 38.8. The Morgan fingerprint density at radius 1 is 0.698 bits per heavy atom. The van der Waals surface area contributed by atoms with E-state index in [2.05, 4.69) is 134 Å². The first kappa shape index (κ1) is 71.4. The standard InChI is InChI=1S/C69H110O14Si3/c1-20-21-22-23-30-35-60(71)80-63-48(39-61(72)75-15)38-53-43-55(47-76-84(16,17)64(2,3)4)79-62(73)46-54(82-86(66(8,9)10,56-31-26-24-27-32-56)57-33-28-25-29-34-57)42-52-45-59(83-85(18,19)65(5,6)7)68(13,14)58(78-52)44-51-41-49(70)40-50(77-51)36-37-67(11,12)69(63,74)81-53/h24-29,31-34,36-37,39,50-55,58-59,63,74H,20-23,30,35,38,40-47H2,1-19H3/b37-36+,48-39+/t50-,51-,52+,53-,54+,55+,58-,59-,63-,69+/m0/s1. The van der Waals surface area contributed by atoms with Gasteiger partial charge in [-0.15, -0.1) is 0 Å². The summed E-state index contributed by atoms with van der Waals surface area (Å²) in [5, 5.41) is 14.9. The number of fused-ring (bicyclic) bond motifs is 6. The summed E-state index contributed by atoms with van der Waals surface area (Å²) >= 11 is 0. The van der Waals surface area contributed by atoms with E-state index in [0.29, 0.717) is 25.7 Å². The molecule has 0 aliphatic carbocycles. The van der Waals surface area contributed by atoms with E-state index in [0.717, 1.165) is 36.1 Å². The fraction of sp³-hybridized carbons (Fsp3) is 0.710. The molecule has 482 valence electrons. The van der Waals surface area contributed by atoms with Gasteiger partial charge in [-0.1, -0.05) is 195 Å². The van der Waals surface area contributed by atoms with Crippen molar-refractivity contribution in [2.45, 2.75) is 289 Å². The van der Waals surface area contributed by atoms with Crippen LogP contribution in [0.5, 0.6) is 0 Å². The summed E-state index contributed by atoms with van der Waals surface area (Å²) in [6.07, 6.45) is 4.34. The van der Waals surface area contributed by atoms with Gasteiger partial charge in [-0.25, -0.2) is 4.79 Å². The van der Waals surface area contributed by atoms with E-state index in [-0.39, 0.29) is 72.7 Å². The van der Waals surface area contributed by atoms with Crippen molar-refractivity contribution in [3.05, 3.63) is 84.5 Å². The SMILES string of the molecule is CCCCCCCC(=O)O[C@H]1/C(=C/C(=O)OC)C[C@H]2C[C@H](CO[Si](C)(C)C(C)(C)C)OC(=O)C[C@H](O[Si](c3ccccc3)(c3ccccc3)C(C)(C)C)C[C@@H]3C[C@H](O[Si](C)(C)C(C)(C)C)C(C)(C)[C@H](C[C@@H]4CC(=O)C[C@H](/C=C/C(C)(C)[C@]1(O)O2)O4)O3. The van der Waals surface area contributed by atoms with Crippen LogP contribution in [0.4, 0.5) is 0 Å². The van der Waals surface area contributed by atoms with Gasteiger partial charge in [-0.05, 0) is 82.9 Å². The number of ether oxygens (including phenoxy) is 6. The van der Waals surface area contributed by atoms with Crippen LogP contribution >= 0.6 is 0 Å². The van der Waals surface area contributed by atoms with Crippen LogP contribution in [0, 0.1) is 10.8 Å². The van der Waals surface area contributed by atoms with Gasteiger partial charge in [0.05, 0.1) is 62.9 Å². The molecule has 4 aliphatic rings. The third-order valence-corrected chi connectivity index (χ3v) is 33.9. The maximum absolute atomic E-state index is 15.5. The second-order valence-corrected chi connectivity index (χ2v) is 44.2. The topological polar surface area (TPSA) is 172 Å². The Kier molecular flexibility index (Phi) is 23.8. The zero-order chi connectivity index (χ0) is 63.9. The third kappa shape index (κ3) is 17.4. The van der Waals surface area contributed by atoms with Gasteiger partial charge in [0.1, 0.15) is 11.9 Å². The predicted octanol–water partition coefficient (Wildman–Crippen LogP) is 13.6. The molecule has 3 saturated heterocycles. The molecule has 0 amide bonds. The van der Waals surface area contributed by atoms with Crippen LogP contribution in [0.25, 0.3) is 0 Å². The highest BCUT2D eigenvalue weighted by Crippen LogP contribution is 2.50. The smallest absolute Gasteiger partial charge is 0.330 e. The van der Waals surface area contributed by atoms with Crippen molar-refractivity contribution in [1.29, 1.82) is 0 Å². The number of Topliss-reactive ketones (excluding diaryl/α,β-unsaturated/α-hetero) is 1. The van der Waals surface area contributed by atoms with E-state index < -0.39 is 113 Å². The van der Waals surface area contributed by atoms with Crippen LogP contribution in [-0.4, -0.2) is 128 Å². The highest BCUT2D eigenvalue weighted by Gasteiger charge is 2.59. The summed E-state index contributed by atoms with van der Waals surface area (Å²) in [6, 6.07) is 20.8. The summed E-state index contributed by atoms with van der Waals surface area (Å²) < 4.78 is 62.1. The molecule has 3 fully saturated rings. The van der Waals surface area contributed by atoms with Crippen molar-refractivity contribution < 1.29 is 66.0 Å². The number of hydrogen-bond donors (Lipinski definition) is 1. The number of benzene rings is 2. The lowest BCUT2D eigenvalue weighted by Gasteiger charge is -2.53. The Hall–Kier alpha value is -3.63. The first-order valence-corrected chi connectivity index (χ1v) is 39.8. The van der Waals surface area contributed by atoms with Crippen molar-refractivity contribution in [2.24, 2.45) is 10.8 Å². The molecule has 4 aliphatic heterocycles. The number of cyclic esters (lactones) is 1. The minimum absolute atomic E-state index is 0.00987. The fourth-order valence-electron chi connectivity index (χ4n) is 12.3. The third-order valence-electron chi connectivity index (χ3n) is 19.8. The fourth-order valence-corrected chi connectivity index (χ4v) is 19.5. The maximum Gasteiger partial charge on any atom is 0.330 e. The monoisotopic (exact) mass is 1250 g/mol. The molecule has 2 aromatic carbocycles. The Balaban J connectivity index is 1.56.